The van der Waals surface area contributed by atoms with Crippen molar-refractivity contribution in [2.75, 3.05) is 40.9 Å². The van der Waals surface area contributed by atoms with E-state index in [-0.39, 0.29) is 19.1 Å². The fourth-order valence-corrected chi connectivity index (χ4v) is 12.3. The monoisotopic (exact) mass is 1170 g/mol. The number of amides is 1. The van der Waals surface area contributed by atoms with Crippen molar-refractivity contribution in [3.8, 4) is 0 Å². The molecule has 0 saturated heterocycles. The van der Waals surface area contributed by atoms with Crippen LogP contribution in [-0.2, 0) is 18.4 Å². The first-order chi connectivity index (χ1) is 39.5. The molecule has 0 aliphatic heterocycles. The summed E-state index contributed by atoms with van der Waals surface area (Å²) in [5.74, 6) is -0.187. The molecule has 0 heterocycles. The Morgan fingerprint density at radius 2 is 0.667 bits per heavy atom. The fraction of sp³-hybridized carbons (Fsp3) is 0.958. The lowest BCUT2D eigenvalue weighted by molar-refractivity contribution is -0.870. The second kappa shape index (κ2) is 63.7. The highest BCUT2D eigenvalue weighted by Gasteiger charge is 2.23. The molecule has 484 valence electrons. The van der Waals surface area contributed by atoms with Gasteiger partial charge in [0.2, 0.25) is 5.91 Å². The summed E-state index contributed by atoms with van der Waals surface area (Å²) in [6.45, 7) is 4.73. The highest BCUT2D eigenvalue weighted by Crippen LogP contribution is 2.38. The molecule has 0 radical (unpaired) electrons. The van der Waals surface area contributed by atoms with Crippen LogP contribution in [0.5, 0.6) is 0 Å². The summed E-state index contributed by atoms with van der Waals surface area (Å²) >= 11 is 0. The Morgan fingerprint density at radius 1 is 0.420 bits per heavy atom. The van der Waals surface area contributed by atoms with Gasteiger partial charge in [0.05, 0.1) is 39.9 Å². The van der Waals surface area contributed by atoms with Crippen molar-refractivity contribution in [2.24, 2.45) is 0 Å². The van der Waals surface area contributed by atoms with Crippen LogP contribution in [0.3, 0.4) is 0 Å². The maximum atomic E-state index is 13.0. The molecule has 0 aliphatic rings. The number of nitrogens with one attached hydrogen (secondary N) is 1. The summed E-state index contributed by atoms with van der Waals surface area (Å²) in [6, 6.07) is -0.884. The van der Waals surface area contributed by atoms with Crippen molar-refractivity contribution in [1.82, 2.24) is 5.32 Å². The van der Waals surface area contributed by atoms with Crippen LogP contribution in [0.15, 0.2) is 12.2 Å². The lowest BCUT2D eigenvalue weighted by atomic mass is 10.0. The number of carbonyl (C=O) groups excluding carboxylic acids is 1. The Morgan fingerprint density at radius 3 is 0.926 bits per heavy atom. The number of likely N-dealkylation sites (N-methyl/N-ethyl adjacent to an activating group) is 1. The average Bonchev–Trinajstić information content (AvgIpc) is 3.43. The highest BCUT2D eigenvalue weighted by atomic mass is 31.2. The summed E-state index contributed by atoms with van der Waals surface area (Å²) in [7, 11) is 1.29. The van der Waals surface area contributed by atoms with Gasteiger partial charge in [-0.3, -0.25) is 9.36 Å². The third kappa shape index (κ3) is 66.6. The minimum absolute atomic E-state index is 0.00304. The lowest BCUT2D eigenvalue weighted by Gasteiger charge is -2.29. The van der Waals surface area contributed by atoms with E-state index in [4.69, 9.17) is 9.05 Å². The predicted molar refractivity (Wildman–Crippen MR) is 353 cm³/mol. The van der Waals surface area contributed by atoms with Crippen molar-refractivity contribution in [1.29, 1.82) is 0 Å². The molecule has 0 fully saturated rings. The van der Waals surface area contributed by atoms with E-state index in [1.807, 2.05) is 27.2 Å². The molecule has 0 aromatic heterocycles. The Balaban J connectivity index is 3.97. The Bertz CT molecular complexity index is 1320. The summed E-state index contributed by atoms with van der Waals surface area (Å²) in [4.78, 5) is 25.6. The van der Waals surface area contributed by atoms with E-state index in [2.05, 4.69) is 19.2 Å². The molecule has 0 rings (SSSR count). The molecular weight excluding hydrogens is 1020 g/mol. The number of phosphoric ester groups is 1. The van der Waals surface area contributed by atoms with Crippen LogP contribution in [0.1, 0.15) is 393 Å². The third-order valence-electron chi connectivity index (χ3n) is 17.2. The van der Waals surface area contributed by atoms with Crippen LogP contribution in [0, 0.1) is 0 Å². The number of rotatable bonds is 69. The molecule has 0 saturated carbocycles. The normalized spacial score (nSPS) is 13.6. The van der Waals surface area contributed by atoms with E-state index in [1.54, 1.807) is 6.08 Å². The number of nitrogens with zero attached hydrogens (tertiary/aromatic N) is 1. The van der Waals surface area contributed by atoms with Gasteiger partial charge in [0.1, 0.15) is 13.2 Å². The number of hydrogen-bond acceptors (Lipinski definition) is 6. The maximum absolute atomic E-state index is 13.0. The first-order valence-electron chi connectivity index (χ1n) is 36.6. The molecule has 0 aliphatic carbocycles. The largest absolute Gasteiger partial charge is 0.756 e. The number of aliphatic hydroxyl groups excluding tert-OH is 1. The van der Waals surface area contributed by atoms with Crippen molar-refractivity contribution in [3.05, 3.63) is 12.2 Å². The van der Waals surface area contributed by atoms with Gasteiger partial charge in [-0.05, 0) is 19.3 Å². The van der Waals surface area contributed by atoms with Gasteiger partial charge in [0.15, 0.2) is 0 Å². The zero-order valence-corrected chi connectivity index (χ0v) is 56.4. The fourth-order valence-electron chi connectivity index (χ4n) is 11.6. The molecule has 3 unspecified atom stereocenters. The van der Waals surface area contributed by atoms with Gasteiger partial charge >= 0.3 is 0 Å². The van der Waals surface area contributed by atoms with E-state index >= 15 is 0 Å². The van der Waals surface area contributed by atoms with Crippen molar-refractivity contribution in [2.45, 2.75) is 405 Å². The van der Waals surface area contributed by atoms with E-state index < -0.39 is 20.0 Å². The van der Waals surface area contributed by atoms with Crippen LogP contribution < -0.4 is 10.2 Å². The molecular formula is C72H145N2O6P. The molecule has 81 heavy (non-hydrogen) atoms. The number of carbonyl (C=O) groups is 1. The number of allylic oxidation sites excluding steroid dienone is 1. The molecule has 3 atom stereocenters. The summed E-state index contributed by atoms with van der Waals surface area (Å²) < 4.78 is 23.5. The Labute approximate surface area is 507 Å². The van der Waals surface area contributed by atoms with Gasteiger partial charge in [-0.2, -0.15) is 0 Å². The predicted octanol–water partition coefficient (Wildman–Crippen LogP) is 22.7. The number of phosphoric acid groups is 1. The van der Waals surface area contributed by atoms with Gasteiger partial charge in [0.25, 0.3) is 7.82 Å². The highest BCUT2D eigenvalue weighted by molar-refractivity contribution is 7.45. The van der Waals surface area contributed by atoms with Gasteiger partial charge < -0.3 is 28.8 Å². The van der Waals surface area contributed by atoms with E-state index in [0.29, 0.717) is 17.4 Å². The SMILES string of the molecule is CCCCCCCCCCCCCCCCCCCCCCCCC/C=C/C(O)C(COP(=O)([O-])OCC[N+](C)(C)C)NC(=O)CCCCCCCCCCCCCCCCCCCCCCCCCCCCCCCCCCCC. The minimum atomic E-state index is -4.60. The van der Waals surface area contributed by atoms with Crippen LogP contribution in [0.2, 0.25) is 0 Å². The quantitative estimate of drug-likeness (QED) is 0.0272. The summed E-state index contributed by atoms with van der Waals surface area (Å²) in [6.07, 6.45) is 82.1. The lowest BCUT2D eigenvalue weighted by Crippen LogP contribution is -2.45. The zero-order chi connectivity index (χ0) is 59.1. The molecule has 2 N–H and O–H groups in total. The molecule has 9 heteroatoms. The van der Waals surface area contributed by atoms with Crippen LogP contribution in [0.25, 0.3) is 0 Å². The number of aliphatic hydroxyl groups is 1. The molecule has 0 spiro atoms. The second-order valence-corrected chi connectivity index (χ2v) is 28.1. The standard InChI is InChI=1S/C72H145N2O6P/c1-6-8-10-12-14-16-18-20-22-24-26-28-30-32-33-34-35-36-37-38-39-40-42-44-46-48-50-52-54-56-58-60-62-64-66-72(76)73-70(69-80-81(77,78)79-68-67-74(3,4)5)71(75)65-63-61-59-57-55-53-51-49-47-45-43-41-31-29-27-25-23-21-19-17-15-13-11-9-7-2/h63,65,70-71,75H,6-62,64,66-69H2,1-5H3,(H-,73,76,77,78)/b65-63+. The van der Waals surface area contributed by atoms with E-state index in [1.165, 1.54) is 334 Å². The van der Waals surface area contributed by atoms with Gasteiger partial charge in [0, 0.05) is 6.42 Å². The number of unbranched alkanes of at least 4 members (excludes halogenated alkanes) is 56. The average molecular weight is 1170 g/mol. The number of quaternary nitrogens is 1. The second-order valence-electron chi connectivity index (χ2n) is 26.7. The third-order valence-corrected chi connectivity index (χ3v) is 18.2. The van der Waals surface area contributed by atoms with Crippen LogP contribution in [0.4, 0.5) is 0 Å². The molecule has 8 nitrogen and oxygen atoms in total. The van der Waals surface area contributed by atoms with Crippen molar-refractivity contribution < 1.29 is 32.9 Å². The van der Waals surface area contributed by atoms with Crippen molar-refractivity contribution >= 4 is 13.7 Å². The Kier molecular flexibility index (Phi) is 63.1. The molecule has 0 bridgehead atoms. The first kappa shape index (κ1) is 80.2. The molecule has 0 aromatic rings. The summed E-state index contributed by atoms with van der Waals surface area (Å²) in [5.41, 5.74) is 0. The topological polar surface area (TPSA) is 108 Å². The van der Waals surface area contributed by atoms with Gasteiger partial charge in [-0.25, -0.2) is 0 Å². The van der Waals surface area contributed by atoms with Crippen LogP contribution >= 0.6 is 7.82 Å². The van der Waals surface area contributed by atoms with Gasteiger partial charge in [-0.1, -0.05) is 379 Å². The summed E-state index contributed by atoms with van der Waals surface area (Å²) in [5, 5.41) is 14.0. The van der Waals surface area contributed by atoms with Gasteiger partial charge in [-0.15, -0.1) is 0 Å². The maximum Gasteiger partial charge on any atom is 0.268 e. The molecule has 1 amide bonds. The molecule has 0 aromatic carbocycles. The first-order valence-corrected chi connectivity index (χ1v) is 38.0. The van der Waals surface area contributed by atoms with E-state index in [9.17, 15) is 19.4 Å². The number of hydrogen-bond donors (Lipinski definition) is 2. The minimum Gasteiger partial charge on any atom is -0.756 e. The van der Waals surface area contributed by atoms with Crippen molar-refractivity contribution in [3.63, 3.8) is 0 Å². The smallest absolute Gasteiger partial charge is 0.268 e. The Hall–Kier alpha value is -0.760. The van der Waals surface area contributed by atoms with Crippen LogP contribution in [-0.4, -0.2) is 68.5 Å². The zero-order valence-electron chi connectivity index (χ0n) is 55.5. The van der Waals surface area contributed by atoms with E-state index in [0.717, 1.165) is 38.5 Å².